The van der Waals surface area contributed by atoms with E-state index in [-0.39, 0.29) is 0 Å². The Hall–Kier alpha value is -1.38. The molecule has 1 heterocycles. The molecular formula is C12H18N2O. The lowest BCUT2D eigenvalue weighted by molar-refractivity contribution is 0.345. The Bertz CT molecular complexity index is 304. The molecule has 0 unspecified atom stereocenters. The topological polar surface area (TPSA) is 35.0 Å². The predicted octanol–water partition coefficient (Wildman–Crippen LogP) is 2.95. The highest BCUT2D eigenvalue weighted by Crippen LogP contribution is 2.11. The summed E-state index contributed by atoms with van der Waals surface area (Å²) in [6.07, 6.45) is 8.52. The second kappa shape index (κ2) is 6.17. The van der Waals surface area contributed by atoms with E-state index in [1.807, 2.05) is 6.08 Å². The number of hydrogen-bond acceptors (Lipinski definition) is 3. The summed E-state index contributed by atoms with van der Waals surface area (Å²) in [5, 5.41) is 0. The average molecular weight is 206 g/mol. The zero-order valence-corrected chi connectivity index (χ0v) is 9.60. The van der Waals surface area contributed by atoms with E-state index in [2.05, 4.69) is 36.8 Å². The van der Waals surface area contributed by atoms with Gasteiger partial charge in [0.25, 0.3) is 0 Å². The van der Waals surface area contributed by atoms with Crippen molar-refractivity contribution in [1.29, 1.82) is 0 Å². The van der Waals surface area contributed by atoms with Crippen LogP contribution >= 0.6 is 0 Å². The van der Waals surface area contributed by atoms with Crippen molar-refractivity contribution in [2.45, 2.75) is 33.1 Å². The fourth-order valence-corrected chi connectivity index (χ4v) is 1.07. The quantitative estimate of drug-likeness (QED) is 0.695. The molecule has 82 valence electrons. The van der Waals surface area contributed by atoms with Gasteiger partial charge in [-0.2, -0.15) is 0 Å². The molecule has 3 heteroatoms. The molecule has 0 radical (unpaired) electrons. The van der Waals surface area contributed by atoms with E-state index in [4.69, 9.17) is 4.74 Å². The summed E-state index contributed by atoms with van der Waals surface area (Å²) in [7, 11) is 0. The summed E-state index contributed by atoms with van der Waals surface area (Å²) in [6, 6.07) is 0. The predicted molar refractivity (Wildman–Crippen MR) is 61.0 cm³/mol. The molecule has 0 bridgehead atoms. The molecule has 0 spiro atoms. The third-order valence-electron chi connectivity index (χ3n) is 1.97. The largest absolute Gasteiger partial charge is 0.472 e. The van der Waals surface area contributed by atoms with Gasteiger partial charge in [-0.1, -0.05) is 32.9 Å². The van der Waals surface area contributed by atoms with Gasteiger partial charge in [0.15, 0.2) is 0 Å². The number of nitrogens with zero attached hydrogens (tertiary/aromatic N) is 2. The normalized spacial score (nSPS) is 11.2. The van der Waals surface area contributed by atoms with Crippen LogP contribution in [-0.2, 0) is 0 Å². The first-order valence-electron chi connectivity index (χ1n) is 5.33. The highest BCUT2D eigenvalue weighted by Gasteiger charge is 2.01. The molecule has 1 rings (SSSR count). The Kier molecular flexibility index (Phi) is 4.81. The van der Waals surface area contributed by atoms with Crippen LogP contribution in [0.2, 0.25) is 0 Å². The second-order valence-corrected chi connectivity index (χ2v) is 3.62. The van der Waals surface area contributed by atoms with Gasteiger partial charge < -0.3 is 4.74 Å². The van der Waals surface area contributed by atoms with Gasteiger partial charge in [-0.3, -0.25) is 4.98 Å². The zero-order valence-electron chi connectivity index (χ0n) is 9.60. The van der Waals surface area contributed by atoms with Crippen LogP contribution in [-0.4, -0.2) is 16.6 Å². The molecule has 0 atom stereocenters. The lowest BCUT2D eigenvalue weighted by atomic mass is 10.1. The number of ether oxygens (including phenoxy) is 1. The second-order valence-electron chi connectivity index (χ2n) is 3.62. The maximum atomic E-state index is 5.38. The van der Waals surface area contributed by atoms with Gasteiger partial charge >= 0.3 is 0 Å². The first kappa shape index (κ1) is 11.7. The van der Waals surface area contributed by atoms with Crippen LogP contribution in [0, 0.1) is 0 Å². The number of allylic oxidation sites excluding steroid dienone is 1. The van der Waals surface area contributed by atoms with Gasteiger partial charge in [0, 0.05) is 0 Å². The van der Waals surface area contributed by atoms with Gasteiger partial charge in [-0.15, -0.1) is 0 Å². The third kappa shape index (κ3) is 4.11. The summed E-state index contributed by atoms with van der Waals surface area (Å²) in [5.41, 5.74) is 0.992. The van der Waals surface area contributed by atoms with Gasteiger partial charge in [0.1, 0.15) is 6.61 Å². The maximum Gasteiger partial charge on any atom is 0.232 e. The lowest BCUT2D eigenvalue weighted by Crippen LogP contribution is -1.99. The highest BCUT2D eigenvalue weighted by atomic mass is 16.5. The van der Waals surface area contributed by atoms with Gasteiger partial charge in [0.2, 0.25) is 5.88 Å². The van der Waals surface area contributed by atoms with Crippen molar-refractivity contribution in [2.75, 3.05) is 6.61 Å². The number of aromatic nitrogens is 2. The van der Waals surface area contributed by atoms with E-state index >= 15 is 0 Å². The van der Waals surface area contributed by atoms with Crippen LogP contribution in [0.25, 0.3) is 0 Å². The van der Waals surface area contributed by atoms with Crippen molar-refractivity contribution in [1.82, 2.24) is 9.97 Å². The van der Waals surface area contributed by atoms with E-state index in [0.717, 1.165) is 12.1 Å². The molecule has 0 saturated heterocycles. The van der Waals surface area contributed by atoms with Gasteiger partial charge in [0.05, 0.1) is 18.1 Å². The van der Waals surface area contributed by atoms with Crippen LogP contribution in [0.1, 0.15) is 38.8 Å². The minimum atomic E-state index is 0.409. The Labute approximate surface area is 91.2 Å². The van der Waals surface area contributed by atoms with Crippen molar-refractivity contribution in [3.8, 4) is 5.88 Å². The Balaban J connectivity index is 2.46. The first-order valence-corrected chi connectivity index (χ1v) is 5.33. The monoisotopic (exact) mass is 206 g/mol. The van der Waals surface area contributed by atoms with E-state index in [0.29, 0.717) is 18.4 Å². The van der Waals surface area contributed by atoms with Crippen LogP contribution in [0.4, 0.5) is 0 Å². The molecular weight excluding hydrogens is 188 g/mol. The third-order valence-corrected chi connectivity index (χ3v) is 1.97. The maximum absolute atomic E-state index is 5.38. The summed E-state index contributed by atoms with van der Waals surface area (Å²) < 4.78 is 5.38. The molecule has 0 aliphatic rings. The highest BCUT2D eigenvalue weighted by molar-refractivity contribution is 5.09. The molecule has 0 amide bonds. The van der Waals surface area contributed by atoms with Crippen LogP contribution in [0.5, 0.6) is 5.88 Å². The van der Waals surface area contributed by atoms with Crippen LogP contribution in [0.3, 0.4) is 0 Å². The average Bonchev–Trinajstić information content (AvgIpc) is 2.25. The van der Waals surface area contributed by atoms with Gasteiger partial charge in [-0.05, 0) is 12.3 Å². The molecule has 3 nitrogen and oxygen atoms in total. The molecule has 0 aliphatic carbocycles. The van der Waals surface area contributed by atoms with Crippen molar-refractivity contribution in [2.24, 2.45) is 0 Å². The molecule has 15 heavy (non-hydrogen) atoms. The lowest BCUT2D eigenvalue weighted by Gasteiger charge is -2.05. The summed E-state index contributed by atoms with van der Waals surface area (Å²) in [6.45, 7) is 6.83. The van der Waals surface area contributed by atoms with Crippen LogP contribution in [0.15, 0.2) is 24.5 Å². The fourth-order valence-electron chi connectivity index (χ4n) is 1.07. The molecule has 0 N–H and O–H groups in total. The Morgan fingerprint density at radius 2 is 2.07 bits per heavy atom. The molecule has 0 aliphatic heterocycles. The molecule has 1 aromatic rings. The standard InChI is InChI=1S/C12H18N2O/c1-4-5-6-7-15-12-9-13-11(8-14-12)10(2)3/h5-6,8-10H,4,7H2,1-3H3/b6-5-. The smallest absolute Gasteiger partial charge is 0.232 e. The SMILES string of the molecule is CC/C=C\COc1cnc(C(C)C)cn1. The summed E-state index contributed by atoms with van der Waals surface area (Å²) in [5.74, 6) is 0.992. The molecule has 0 aromatic carbocycles. The fraction of sp³-hybridized carbons (Fsp3) is 0.500. The van der Waals surface area contributed by atoms with E-state index in [1.165, 1.54) is 0 Å². The Morgan fingerprint density at radius 3 is 2.60 bits per heavy atom. The van der Waals surface area contributed by atoms with Crippen LogP contribution < -0.4 is 4.74 Å². The van der Waals surface area contributed by atoms with Gasteiger partial charge in [-0.25, -0.2) is 4.98 Å². The summed E-state index contributed by atoms with van der Waals surface area (Å²) in [4.78, 5) is 8.44. The van der Waals surface area contributed by atoms with E-state index in [1.54, 1.807) is 12.4 Å². The van der Waals surface area contributed by atoms with Crippen molar-refractivity contribution >= 4 is 0 Å². The molecule has 0 saturated carbocycles. The minimum absolute atomic E-state index is 0.409. The zero-order chi connectivity index (χ0) is 11.1. The summed E-state index contributed by atoms with van der Waals surface area (Å²) >= 11 is 0. The van der Waals surface area contributed by atoms with Crippen molar-refractivity contribution < 1.29 is 4.74 Å². The first-order chi connectivity index (χ1) is 7.24. The number of hydrogen-bond donors (Lipinski definition) is 0. The molecule has 1 aromatic heterocycles. The van der Waals surface area contributed by atoms with E-state index in [9.17, 15) is 0 Å². The molecule has 0 fully saturated rings. The van der Waals surface area contributed by atoms with Crippen molar-refractivity contribution in [3.63, 3.8) is 0 Å². The minimum Gasteiger partial charge on any atom is -0.472 e. The van der Waals surface area contributed by atoms with Crippen molar-refractivity contribution in [3.05, 3.63) is 30.2 Å². The van der Waals surface area contributed by atoms with E-state index < -0.39 is 0 Å². The Morgan fingerprint density at radius 1 is 1.27 bits per heavy atom. The number of rotatable bonds is 5.